The summed E-state index contributed by atoms with van der Waals surface area (Å²) in [4.78, 5) is 28.1. The second-order valence-electron chi connectivity index (χ2n) is 6.77. The van der Waals surface area contributed by atoms with Gasteiger partial charge in [0.05, 0.1) is 22.6 Å². The van der Waals surface area contributed by atoms with E-state index >= 15 is 0 Å². The first-order chi connectivity index (χ1) is 14.8. The number of hydrogen-bond donors (Lipinski definition) is 3. The highest BCUT2D eigenvalue weighted by Crippen LogP contribution is 2.15. The summed E-state index contributed by atoms with van der Waals surface area (Å²) < 4.78 is 28.3. The van der Waals surface area contributed by atoms with Gasteiger partial charge >= 0.3 is 0 Å². The summed E-state index contributed by atoms with van der Waals surface area (Å²) in [5, 5.41) is 7.14. The molecule has 162 valence electrons. The monoisotopic (exact) mass is 458 g/mol. The lowest BCUT2D eigenvalue weighted by molar-refractivity contribution is -0.122. The fourth-order valence-corrected chi connectivity index (χ4v) is 4.59. The molecule has 1 aromatic heterocycles. The van der Waals surface area contributed by atoms with Crippen molar-refractivity contribution in [2.24, 2.45) is 0 Å². The van der Waals surface area contributed by atoms with Crippen molar-refractivity contribution in [3.8, 4) is 0 Å². The van der Waals surface area contributed by atoms with Crippen LogP contribution in [0.25, 0.3) is 0 Å². The van der Waals surface area contributed by atoms with Gasteiger partial charge in [0.1, 0.15) is 6.04 Å². The Bertz CT molecular complexity index is 1120. The van der Waals surface area contributed by atoms with E-state index in [-0.39, 0.29) is 23.8 Å². The number of aromatic nitrogens is 1. The van der Waals surface area contributed by atoms with E-state index < -0.39 is 22.0 Å². The fraction of sp³-hybridized carbons (Fsp3) is 0.190. The van der Waals surface area contributed by atoms with Gasteiger partial charge in [-0.2, -0.15) is 4.72 Å². The number of amides is 2. The highest BCUT2D eigenvalue weighted by molar-refractivity contribution is 7.89. The second kappa shape index (κ2) is 10.3. The zero-order valence-electron chi connectivity index (χ0n) is 16.7. The van der Waals surface area contributed by atoms with Crippen LogP contribution in [-0.4, -0.2) is 31.3 Å². The number of benzene rings is 2. The molecule has 8 nitrogen and oxygen atoms in total. The van der Waals surface area contributed by atoms with Crippen LogP contribution >= 0.6 is 11.3 Å². The third-order valence-electron chi connectivity index (χ3n) is 4.31. The van der Waals surface area contributed by atoms with Crippen molar-refractivity contribution < 1.29 is 18.0 Å². The smallest absolute Gasteiger partial charge is 0.241 e. The number of hydrogen-bond acceptors (Lipinski definition) is 6. The Hall–Kier alpha value is -3.08. The molecule has 10 heteroatoms. The quantitative estimate of drug-likeness (QED) is 0.455. The van der Waals surface area contributed by atoms with Crippen molar-refractivity contribution in [1.29, 1.82) is 0 Å². The summed E-state index contributed by atoms with van der Waals surface area (Å²) in [7, 11) is -3.98. The maximum Gasteiger partial charge on any atom is 0.241 e. The molecule has 31 heavy (non-hydrogen) atoms. The molecule has 0 aliphatic heterocycles. The van der Waals surface area contributed by atoms with Gasteiger partial charge in [-0.05, 0) is 36.2 Å². The maximum atomic E-state index is 12.9. The molecular weight excluding hydrogens is 436 g/mol. The molecule has 2 aromatic carbocycles. The van der Waals surface area contributed by atoms with E-state index in [4.69, 9.17) is 0 Å². The summed E-state index contributed by atoms with van der Waals surface area (Å²) in [6.45, 7) is 1.57. The number of anilines is 1. The van der Waals surface area contributed by atoms with Crippen LogP contribution in [0.4, 0.5) is 5.69 Å². The first kappa shape index (κ1) is 22.6. The normalized spacial score (nSPS) is 12.2. The van der Waals surface area contributed by atoms with Crippen molar-refractivity contribution in [2.45, 2.75) is 30.8 Å². The predicted molar refractivity (Wildman–Crippen MR) is 119 cm³/mol. The highest BCUT2D eigenvalue weighted by Gasteiger charge is 2.26. The Kier molecular flexibility index (Phi) is 7.50. The first-order valence-electron chi connectivity index (χ1n) is 9.42. The van der Waals surface area contributed by atoms with Gasteiger partial charge in [0, 0.05) is 18.0 Å². The SMILES string of the molecule is CC(=O)Nc1ccc(S(=O)(=O)N[C@@H](Cc2ccccc2)C(=O)NCc2cscn2)cc1. The van der Waals surface area contributed by atoms with Gasteiger partial charge < -0.3 is 10.6 Å². The lowest BCUT2D eigenvalue weighted by Crippen LogP contribution is -2.47. The summed E-state index contributed by atoms with van der Waals surface area (Å²) in [5.41, 5.74) is 3.66. The summed E-state index contributed by atoms with van der Waals surface area (Å²) in [5.74, 6) is -0.705. The van der Waals surface area contributed by atoms with E-state index in [0.29, 0.717) is 11.4 Å². The molecule has 1 heterocycles. The largest absolute Gasteiger partial charge is 0.349 e. The van der Waals surface area contributed by atoms with Gasteiger partial charge in [0.15, 0.2) is 0 Å². The average molecular weight is 459 g/mol. The van der Waals surface area contributed by atoms with Crippen molar-refractivity contribution in [3.05, 3.63) is 76.7 Å². The fourth-order valence-electron chi connectivity index (χ4n) is 2.84. The molecule has 0 fully saturated rings. The van der Waals surface area contributed by atoms with Crippen LogP contribution in [-0.2, 0) is 32.6 Å². The molecule has 0 saturated carbocycles. The average Bonchev–Trinajstić information content (AvgIpc) is 3.26. The van der Waals surface area contributed by atoms with Crippen molar-refractivity contribution in [1.82, 2.24) is 15.0 Å². The Morgan fingerprint density at radius 3 is 2.39 bits per heavy atom. The summed E-state index contributed by atoms with van der Waals surface area (Å²) in [6, 6.07) is 13.9. The van der Waals surface area contributed by atoms with E-state index in [0.717, 1.165) is 5.56 Å². The van der Waals surface area contributed by atoms with Gasteiger partial charge in [-0.1, -0.05) is 30.3 Å². The minimum atomic E-state index is -3.98. The molecule has 3 rings (SSSR count). The van der Waals surface area contributed by atoms with E-state index in [2.05, 4.69) is 20.3 Å². The minimum Gasteiger partial charge on any atom is -0.349 e. The molecule has 3 N–H and O–H groups in total. The first-order valence-corrected chi connectivity index (χ1v) is 11.8. The van der Waals surface area contributed by atoms with E-state index in [1.54, 1.807) is 5.51 Å². The van der Waals surface area contributed by atoms with Crippen LogP contribution in [0.1, 0.15) is 18.2 Å². The number of nitrogens with zero attached hydrogens (tertiary/aromatic N) is 1. The Labute approximate surface area is 184 Å². The summed E-state index contributed by atoms with van der Waals surface area (Å²) >= 11 is 1.41. The molecule has 2 amide bonds. The molecule has 0 bridgehead atoms. The topological polar surface area (TPSA) is 117 Å². The zero-order chi connectivity index (χ0) is 22.3. The minimum absolute atomic E-state index is 0.00744. The lowest BCUT2D eigenvalue weighted by Gasteiger charge is -2.19. The Balaban J connectivity index is 1.77. The number of carbonyl (C=O) groups is 2. The predicted octanol–water partition coefficient (Wildman–Crippen LogP) is 2.31. The number of nitrogens with one attached hydrogen (secondary N) is 3. The van der Waals surface area contributed by atoms with Crippen molar-refractivity contribution in [2.75, 3.05) is 5.32 Å². The van der Waals surface area contributed by atoms with E-state index in [9.17, 15) is 18.0 Å². The third kappa shape index (κ3) is 6.71. The molecule has 1 atom stereocenters. The molecule has 0 spiro atoms. The molecule has 0 radical (unpaired) electrons. The number of rotatable bonds is 9. The highest BCUT2D eigenvalue weighted by atomic mass is 32.2. The van der Waals surface area contributed by atoms with Crippen LogP contribution in [0.5, 0.6) is 0 Å². The van der Waals surface area contributed by atoms with Crippen LogP contribution in [0.3, 0.4) is 0 Å². The Morgan fingerprint density at radius 2 is 1.77 bits per heavy atom. The van der Waals surface area contributed by atoms with Gasteiger partial charge in [-0.15, -0.1) is 11.3 Å². The second-order valence-corrected chi connectivity index (χ2v) is 9.20. The molecular formula is C21H22N4O4S2. The molecule has 0 aliphatic carbocycles. The third-order valence-corrected chi connectivity index (χ3v) is 6.43. The van der Waals surface area contributed by atoms with Gasteiger partial charge in [0.2, 0.25) is 21.8 Å². The zero-order valence-corrected chi connectivity index (χ0v) is 18.4. The van der Waals surface area contributed by atoms with Gasteiger partial charge in [0.25, 0.3) is 0 Å². The molecule has 0 saturated heterocycles. The van der Waals surface area contributed by atoms with E-state index in [1.165, 1.54) is 42.5 Å². The van der Waals surface area contributed by atoms with Crippen LogP contribution in [0, 0.1) is 0 Å². The van der Waals surface area contributed by atoms with Crippen LogP contribution in [0.2, 0.25) is 0 Å². The van der Waals surface area contributed by atoms with Crippen molar-refractivity contribution in [3.63, 3.8) is 0 Å². The molecule has 3 aromatic rings. The number of sulfonamides is 1. The number of carbonyl (C=O) groups excluding carboxylic acids is 2. The maximum absolute atomic E-state index is 12.9. The molecule has 0 unspecified atom stereocenters. The standard InChI is InChI=1S/C21H22N4O4S2/c1-15(26)24-17-7-9-19(10-8-17)31(28,29)25-20(11-16-5-3-2-4-6-16)21(27)22-12-18-13-30-14-23-18/h2-10,13-14,20,25H,11-12H2,1H3,(H,22,27)(H,24,26)/t20-/m0/s1. The Morgan fingerprint density at radius 1 is 1.06 bits per heavy atom. The number of thiazole rings is 1. The van der Waals surface area contributed by atoms with Crippen LogP contribution < -0.4 is 15.4 Å². The van der Waals surface area contributed by atoms with Gasteiger partial charge in [-0.3, -0.25) is 9.59 Å². The van der Waals surface area contributed by atoms with Gasteiger partial charge in [-0.25, -0.2) is 13.4 Å². The van der Waals surface area contributed by atoms with Crippen molar-refractivity contribution >= 4 is 38.9 Å². The molecule has 0 aliphatic rings. The van der Waals surface area contributed by atoms with E-state index in [1.807, 2.05) is 35.7 Å². The summed E-state index contributed by atoms with van der Waals surface area (Å²) in [6.07, 6.45) is 0.187. The lowest BCUT2D eigenvalue weighted by atomic mass is 10.1. The van der Waals surface area contributed by atoms with Crippen LogP contribution in [0.15, 0.2) is 70.4 Å².